The van der Waals surface area contributed by atoms with E-state index in [-0.39, 0.29) is 24.6 Å². The molecule has 0 aromatic heterocycles. The quantitative estimate of drug-likeness (QED) is 0.736. The van der Waals surface area contributed by atoms with Crippen molar-refractivity contribution in [1.29, 1.82) is 0 Å². The van der Waals surface area contributed by atoms with Crippen LogP contribution in [-0.2, 0) is 16.0 Å². The van der Waals surface area contributed by atoms with Crippen molar-refractivity contribution in [3.05, 3.63) is 29.8 Å². The number of hydrogen-bond acceptors (Lipinski definition) is 4. The number of rotatable bonds is 8. The predicted octanol–water partition coefficient (Wildman–Crippen LogP) is 1.84. The number of nitrogens with two attached hydrogens (primary N) is 1. The number of nitrogens with zero attached hydrogens (tertiary/aromatic N) is 2. The van der Waals surface area contributed by atoms with Gasteiger partial charge in [-0.2, -0.15) is 0 Å². The van der Waals surface area contributed by atoms with Crippen LogP contribution in [0.1, 0.15) is 31.2 Å². The summed E-state index contributed by atoms with van der Waals surface area (Å²) in [5, 5.41) is 8.74. The minimum atomic E-state index is -0.805. The first-order valence-electron chi connectivity index (χ1n) is 9.29. The molecule has 0 unspecified atom stereocenters. The Bertz CT molecular complexity index is 634. The Kier molecular flexibility index (Phi) is 6.11. The molecule has 1 aromatic carbocycles. The molecule has 7 heteroatoms. The smallest absolute Gasteiger partial charge is 0.324 e. The molecule has 142 valence electrons. The van der Waals surface area contributed by atoms with Crippen LogP contribution in [-0.4, -0.2) is 60.4 Å². The zero-order valence-electron chi connectivity index (χ0n) is 15.0. The van der Waals surface area contributed by atoms with Crippen LogP contribution >= 0.6 is 0 Å². The summed E-state index contributed by atoms with van der Waals surface area (Å²) in [7, 11) is 0. The predicted molar refractivity (Wildman–Crippen MR) is 98.3 cm³/mol. The van der Waals surface area contributed by atoms with Crippen molar-refractivity contribution in [1.82, 2.24) is 4.90 Å². The molecule has 26 heavy (non-hydrogen) atoms. The second kappa shape index (κ2) is 8.51. The molecular formula is C19H27N3O4. The number of hydrogen-bond donors (Lipinski definition) is 2. The Morgan fingerprint density at radius 1 is 1.23 bits per heavy atom. The number of urea groups is 1. The topological polar surface area (TPSA) is 96.1 Å². The lowest BCUT2D eigenvalue weighted by molar-refractivity contribution is -0.136. The fraction of sp³-hybridized carbons (Fsp3) is 0.579. The largest absolute Gasteiger partial charge is 0.481 e. The second-order valence-corrected chi connectivity index (χ2v) is 6.99. The summed E-state index contributed by atoms with van der Waals surface area (Å²) in [5.74, 6) is -0.805. The first kappa shape index (κ1) is 18.7. The zero-order valence-corrected chi connectivity index (χ0v) is 15.0. The second-order valence-electron chi connectivity index (χ2n) is 6.99. The molecule has 1 aliphatic heterocycles. The Hall–Kier alpha value is -2.12. The first-order chi connectivity index (χ1) is 12.5. The maximum atomic E-state index is 12.6. The highest BCUT2D eigenvalue weighted by Gasteiger charge is 2.30. The average molecular weight is 361 g/mol. The van der Waals surface area contributed by atoms with Gasteiger partial charge in [0, 0.05) is 37.8 Å². The summed E-state index contributed by atoms with van der Waals surface area (Å²) in [6.07, 6.45) is 3.88. The molecule has 1 aliphatic carbocycles. The van der Waals surface area contributed by atoms with Crippen LogP contribution in [0.4, 0.5) is 10.5 Å². The van der Waals surface area contributed by atoms with Crippen LogP contribution in [0.25, 0.3) is 0 Å². The molecule has 0 bridgehead atoms. The first-order valence-corrected chi connectivity index (χ1v) is 9.29. The number of aryl methyl sites for hydroxylation is 1. The fourth-order valence-electron chi connectivity index (χ4n) is 3.60. The number of carboxylic acids is 1. The Labute approximate surface area is 153 Å². The summed E-state index contributed by atoms with van der Waals surface area (Å²) in [6, 6.07) is 7.65. The lowest BCUT2D eigenvalue weighted by Crippen LogP contribution is -2.36. The minimum Gasteiger partial charge on any atom is -0.481 e. The van der Waals surface area contributed by atoms with E-state index >= 15 is 0 Å². The Morgan fingerprint density at radius 3 is 2.65 bits per heavy atom. The summed E-state index contributed by atoms with van der Waals surface area (Å²) >= 11 is 0. The van der Waals surface area contributed by atoms with Crippen LogP contribution < -0.4 is 10.6 Å². The highest BCUT2D eigenvalue weighted by atomic mass is 16.5. The van der Waals surface area contributed by atoms with Gasteiger partial charge in [-0.15, -0.1) is 0 Å². The minimum absolute atomic E-state index is 0.0115. The fourth-order valence-corrected chi connectivity index (χ4v) is 3.60. The number of ether oxygens (including phenoxy) is 1. The van der Waals surface area contributed by atoms with Crippen molar-refractivity contribution in [2.24, 2.45) is 5.73 Å². The third-order valence-electron chi connectivity index (χ3n) is 5.17. The van der Waals surface area contributed by atoms with Crippen molar-refractivity contribution in [3.8, 4) is 0 Å². The van der Waals surface area contributed by atoms with E-state index in [4.69, 9.17) is 15.6 Å². The lowest BCUT2D eigenvalue weighted by Gasteiger charge is -2.21. The van der Waals surface area contributed by atoms with Gasteiger partial charge in [0.05, 0.1) is 12.7 Å². The summed E-state index contributed by atoms with van der Waals surface area (Å²) in [5.41, 5.74) is 7.80. The van der Waals surface area contributed by atoms with Gasteiger partial charge in [0.2, 0.25) is 0 Å². The molecule has 1 heterocycles. The van der Waals surface area contributed by atoms with Crippen molar-refractivity contribution in [3.63, 3.8) is 0 Å². The number of anilines is 1. The van der Waals surface area contributed by atoms with Crippen LogP contribution in [0.3, 0.4) is 0 Å². The Balaban J connectivity index is 1.48. The van der Waals surface area contributed by atoms with Gasteiger partial charge in [0.1, 0.15) is 0 Å². The molecule has 7 nitrogen and oxygen atoms in total. The van der Waals surface area contributed by atoms with E-state index in [2.05, 4.69) is 0 Å². The molecule has 1 saturated heterocycles. The maximum absolute atomic E-state index is 12.6. The number of carbonyl (C=O) groups is 2. The van der Waals surface area contributed by atoms with E-state index in [1.165, 1.54) is 0 Å². The number of aliphatic carboxylic acids is 1. The number of benzene rings is 1. The third-order valence-corrected chi connectivity index (χ3v) is 5.17. The summed E-state index contributed by atoms with van der Waals surface area (Å²) < 4.78 is 5.84. The monoisotopic (exact) mass is 361 g/mol. The molecule has 0 radical (unpaired) electrons. The van der Waals surface area contributed by atoms with E-state index in [1.807, 2.05) is 24.3 Å². The molecule has 1 aromatic rings. The van der Waals surface area contributed by atoms with Gasteiger partial charge in [-0.1, -0.05) is 12.1 Å². The van der Waals surface area contributed by atoms with Gasteiger partial charge in [-0.25, -0.2) is 4.79 Å². The molecule has 3 rings (SSSR count). The van der Waals surface area contributed by atoms with Gasteiger partial charge >= 0.3 is 12.0 Å². The summed E-state index contributed by atoms with van der Waals surface area (Å²) in [6.45, 7) is 2.43. The highest BCUT2D eigenvalue weighted by Crippen LogP contribution is 2.22. The zero-order chi connectivity index (χ0) is 18.5. The van der Waals surface area contributed by atoms with Crippen LogP contribution in [0.2, 0.25) is 0 Å². The van der Waals surface area contributed by atoms with Gasteiger partial charge in [-0.05, 0) is 43.4 Å². The van der Waals surface area contributed by atoms with Crippen molar-refractivity contribution >= 4 is 17.7 Å². The van der Waals surface area contributed by atoms with Gasteiger partial charge < -0.3 is 20.5 Å². The van der Waals surface area contributed by atoms with E-state index in [9.17, 15) is 9.59 Å². The van der Waals surface area contributed by atoms with Gasteiger partial charge in [0.25, 0.3) is 0 Å². The van der Waals surface area contributed by atoms with E-state index in [0.717, 1.165) is 30.5 Å². The van der Waals surface area contributed by atoms with Gasteiger partial charge in [0.15, 0.2) is 0 Å². The van der Waals surface area contributed by atoms with Crippen molar-refractivity contribution < 1.29 is 19.4 Å². The normalized spacial score (nSPS) is 23.0. The molecule has 2 fully saturated rings. The maximum Gasteiger partial charge on any atom is 0.324 e. The van der Waals surface area contributed by atoms with Crippen molar-refractivity contribution in [2.45, 2.75) is 44.2 Å². The van der Waals surface area contributed by atoms with Crippen molar-refractivity contribution in [2.75, 3.05) is 31.1 Å². The molecule has 1 saturated carbocycles. The molecule has 3 N–H and O–H groups in total. The van der Waals surface area contributed by atoms with Crippen LogP contribution in [0.5, 0.6) is 0 Å². The molecule has 2 aliphatic rings. The highest BCUT2D eigenvalue weighted by molar-refractivity contribution is 5.94. The number of carbonyl (C=O) groups excluding carboxylic acids is 1. The van der Waals surface area contributed by atoms with E-state index < -0.39 is 5.97 Å². The third kappa shape index (κ3) is 4.53. The number of carboxylic acid groups (broad SMARTS) is 1. The average Bonchev–Trinajstić information content (AvgIpc) is 3.20. The van der Waals surface area contributed by atoms with E-state index in [1.54, 1.807) is 9.80 Å². The van der Waals surface area contributed by atoms with Crippen LogP contribution in [0.15, 0.2) is 24.3 Å². The molecule has 0 spiro atoms. The standard InChI is InChI=1S/C19H27N3O4/c20-16-2-1-3-17(16)26-13-12-21-10-11-22(19(21)25)15-7-4-14(5-8-15)6-9-18(23)24/h4-5,7-8,16-17H,1-3,6,9-13,20H2,(H,23,24)/t16-,17+/m1/s1. The van der Waals surface area contributed by atoms with Crippen LogP contribution in [0, 0.1) is 0 Å². The SMILES string of the molecule is N[C@@H]1CCC[C@@H]1OCCN1CCN(c2ccc(CCC(=O)O)cc2)C1=O. The summed E-state index contributed by atoms with van der Waals surface area (Å²) in [4.78, 5) is 26.8. The van der Waals surface area contributed by atoms with E-state index in [0.29, 0.717) is 32.7 Å². The molecule has 2 atom stereocenters. The molecule has 2 amide bonds. The Morgan fingerprint density at radius 2 is 2.00 bits per heavy atom. The van der Waals surface area contributed by atoms with Gasteiger partial charge in [-0.3, -0.25) is 9.69 Å². The number of amides is 2. The lowest BCUT2D eigenvalue weighted by atomic mass is 10.1. The molecular weight excluding hydrogens is 334 g/mol.